The number of carbonyl (C=O) groups is 1. The summed E-state index contributed by atoms with van der Waals surface area (Å²) in [5.74, 6) is -0.672. The molecule has 2 aromatic heterocycles. The van der Waals surface area contributed by atoms with E-state index in [4.69, 9.17) is 5.21 Å². The van der Waals surface area contributed by atoms with Crippen LogP contribution in [0.2, 0.25) is 0 Å². The van der Waals surface area contributed by atoms with E-state index < -0.39 is 5.91 Å². The zero-order chi connectivity index (χ0) is 20.2. The van der Waals surface area contributed by atoms with Crippen LogP contribution in [0.3, 0.4) is 0 Å². The number of aromatic nitrogens is 3. The molecule has 1 amide bonds. The minimum Gasteiger partial charge on any atom is -0.298 e. The normalized spacial score (nSPS) is 10.8. The molecule has 0 saturated carbocycles. The van der Waals surface area contributed by atoms with Crippen LogP contribution in [0.25, 0.3) is 22.0 Å². The zero-order valence-corrected chi connectivity index (χ0v) is 15.4. The van der Waals surface area contributed by atoms with E-state index in [-0.39, 0.29) is 11.1 Å². The zero-order valence-electron chi connectivity index (χ0n) is 15.4. The molecule has 4 rings (SSSR count). The van der Waals surface area contributed by atoms with E-state index >= 15 is 0 Å². The molecule has 0 spiro atoms. The minimum atomic E-state index is -0.672. The van der Waals surface area contributed by atoms with Crippen molar-refractivity contribution in [3.63, 3.8) is 0 Å². The Labute approximate surface area is 166 Å². The Bertz CT molecular complexity index is 1240. The predicted octanol–water partition coefficient (Wildman–Crippen LogP) is 2.82. The van der Waals surface area contributed by atoms with Crippen LogP contribution in [0.4, 0.5) is 0 Å². The van der Waals surface area contributed by atoms with Crippen molar-refractivity contribution < 1.29 is 10.0 Å². The quantitative estimate of drug-likeness (QED) is 0.406. The van der Waals surface area contributed by atoms with Gasteiger partial charge >= 0.3 is 0 Å². The third kappa shape index (κ3) is 3.90. The number of hydrogen-bond donors (Lipinski definition) is 2. The fourth-order valence-electron chi connectivity index (χ4n) is 3.21. The second-order valence-corrected chi connectivity index (χ2v) is 6.61. The van der Waals surface area contributed by atoms with E-state index in [9.17, 15) is 9.59 Å². The lowest BCUT2D eigenvalue weighted by molar-refractivity contribution is 0.0706. The monoisotopic (exact) mass is 386 g/mol. The fourth-order valence-corrected chi connectivity index (χ4v) is 3.21. The highest BCUT2D eigenvalue weighted by Gasteiger charge is 2.10. The smallest absolute Gasteiger partial charge is 0.274 e. The van der Waals surface area contributed by atoms with Crippen LogP contribution < -0.4 is 11.0 Å². The Hall–Kier alpha value is -3.84. The molecule has 29 heavy (non-hydrogen) atoms. The van der Waals surface area contributed by atoms with Crippen molar-refractivity contribution in [2.45, 2.75) is 13.0 Å². The minimum absolute atomic E-state index is 0.195. The molecule has 4 aromatic rings. The van der Waals surface area contributed by atoms with Gasteiger partial charge in [0.15, 0.2) is 0 Å². The topological polar surface area (TPSA) is 97.1 Å². The molecular formula is C22H18N4O3. The summed E-state index contributed by atoms with van der Waals surface area (Å²) in [6, 6.07) is 16.5. The van der Waals surface area contributed by atoms with E-state index in [1.807, 2.05) is 36.5 Å². The summed E-state index contributed by atoms with van der Waals surface area (Å²) >= 11 is 0. The van der Waals surface area contributed by atoms with Crippen molar-refractivity contribution in [3.8, 4) is 11.1 Å². The summed E-state index contributed by atoms with van der Waals surface area (Å²) in [7, 11) is 0. The number of amides is 1. The number of benzene rings is 2. The van der Waals surface area contributed by atoms with E-state index in [1.165, 1.54) is 23.0 Å². The first-order valence-corrected chi connectivity index (χ1v) is 9.09. The molecule has 0 aliphatic heterocycles. The van der Waals surface area contributed by atoms with Gasteiger partial charge in [-0.3, -0.25) is 24.3 Å². The average Bonchev–Trinajstić information content (AvgIpc) is 2.79. The van der Waals surface area contributed by atoms with Crippen LogP contribution in [0.15, 0.2) is 78.1 Å². The number of pyridine rings is 1. The van der Waals surface area contributed by atoms with Gasteiger partial charge in [-0.25, -0.2) is 10.5 Å². The van der Waals surface area contributed by atoms with Crippen molar-refractivity contribution in [2.75, 3.05) is 0 Å². The third-order valence-electron chi connectivity index (χ3n) is 4.75. The van der Waals surface area contributed by atoms with Crippen LogP contribution in [0.5, 0.6) is 0 Å². The van der Waals surface area contributed by atoms with E-state index in [2.05, 4.69) is 16.0 Å². The maximum Gasteiger partial charge on any atom is 0.274 e. The van der Waals surface area contributed by atoms with Gasteiger partial charge in [-0.1, -0.05) is 30.3 Å². The summed E-state index contributed by atoms with van der Waals surface area (Å²) in [4.78, 5) is 32.9. The number of aryl methyl sites for hydroxylation is 2. The summed E-state index contributed by atoms with van der Waals surface area (Å²) < 4.78 is 1.53. The highest BCUT2D eigenvalue weighted by atomic mass is 16.5. The fraction of sp³-hybridized carbons (Fsp3) is 0.0909. The van der Waals surface area contributed by atoms with Crippen molar-refractivity contribution >= 4 is 16.8 Å². The number of fused-ring (bicyclic) bond motifs is 1. The second-order valence-electron chi connectivity index (χ2n) is 6.61. The molecule has 0 radical (unpaired) electrons. The highest BCUT2D eigenvalue weighted by molar-refractivity contribution is 5.97. The predicted molar refractivity (Wildman–Crippen MR) is 109 cm³/mol. The molecule has 2 N–H and O–H groups in total. The van der Waals surface area contributed by atoms with Crippen molar-refractivity contribution in [2.24, 2.45) is 0 Å². The van der Waals surface area contributed by atoms with E-state index in [0.717, 1.165) is 16.7 Å². The molecule has 2 aromatic carbocycles. The summed E-state index contributed by atoms with van der Waals surface area (Å²) in [6.07, 6.45) is 5.72. The lowest BCUT2D eigenvalue weighted by Gasteiger charge is -2.09. The third-order valence-corrected chi connectivity index (χ3v) is 4.75. The second kappa shape index (κ2) is 8.04. The van der Waals surface area contributed by atoms with Gasteiger partial charge in [0, 0.05) is 24.5 Å². The number of carbonyl (C=O) groups excluding carboxylic acids is 1. The lowest BCUT2D eigenvalue weighted by atomic mass is 10.0. The highest BCUT2D eigenvalue weighted by Crippen LogP contribution is 2.19. The Kier molecular flexibility index (Phi) is 5.13. The van der Waals surface area contributed by atoms with E-state index in [1.54, 1.807) is 17.7 Å². The van der Waals surface area contributed by atoms with Crippen LogP contribution in [0, 0.1) is 0 Å². The number of hydroxylamine groups is 1. The standard InChI is InChI=1S/C22H18N4O3/c27-21(25-29)17-6-7-20-19(12-17)22(28)26(14-24-20)10-8-15-3-1-4-16(11-15)18-5-2-9-23-13-18/h1-7,9,11-14,29H,8,10H2,(H,25,27). The summed E-state index contributed by atoms with van der Waals surface area (Å²) in [6.45, 7) is 0.453. The lowest BCUT2D eigenvalue weighted by Crippen LogP contribution is -2.23. The average molecular weight is 386 g/mol. The van der Waals surface area contributed by atoms with Gasteiger partial charge < -0.3 is 0 Å². The van der Waals surface area contributed by atoms with Crippen LogP contribution in [-0.2, 0) is 13.0 Å². The number of nitrogens with one attached hydrogen (secondary N) is 1. The molecule has 0 unspecified atom stereocenters. The molecule has 0 bridgehead atoms. The van der Waals surface area contributed by atoms with Crippen LogP contribution >= 0.6 is 0 Å². The van der Waals surface area contributed by atoms with E-state index in [0.29, 0.717) is 23.9 Å². The molecular weight excluding hydrogens is 368 g/mol. The first kappa shape index (κ1) is 18.5. The van der Waals surface area contributed by atoms with Crippen molar-refractivity contribution in [1.29, 1.82) is 0 Å². The molecule has 0 saturated heterocycles. The molecule has 2 heterocycles. The Balaban J connectivity index is 1.59. The summed E-state index contributed by atoms with van der Waals surface area (Å²) in [5, 5.41) is 9.13. The number of rotatable bonds is 5. The SMILES string of the molecule is O=C(NO)c1ccc2ncn(CCc3cccc(-c4cccnc4)c3)c(=O)c2c1. The molecule has 0 aliphatic rings. The molecule has 144 valence electrons. The Morgan fingerprint density at radius 3 is 2.72 bits per heavy atom. The maximum absolute atomic E-state index is 12.8. The van der Waals surface area contributed by atoms with Gasteiger partial charge in [0.25, 0.3) is 11.5 Å². The number of nitrogens with zero attached hydrogens (tertiary/aromatic N) is 3. The molecule has 0 fully saturated rings. The Morgan fingerprint density at radius 2 is 1.93 bits per heavy atom. The maximum atomic E-state index is 12.8. The molecule has 0 atom stereocenters. The van der Waals surface area contributed by atoms with Gasteiger partial charge in [-0.2, -0.15) is 0 Å². The van der Waals surface area contributed by atoms with Crippen LogP contribution in [-0.4, -0.2) is 25.6 Å². The number of hydrogen-bond acceptors (Lipinski definition) is 5. The van der Waals surface area contributed by atoms with Gasteiger partial charge in [-0.15, -0.1) is 0 Å². The van der Waals surface area contributed by atoms with Crippen molar-refractivity contribution in [1.82, 2.24) is 20.0 Å². The molecule has 7 nitrogen and oxygen atoms in total. The van der Waals surface area contributed by atoms with Crippen LogP contribution in [0.1, 0.15) is 15.9 Å². The molecule has 0 aliphatic carbocycles. The molecule has 7 heteroatoms. The first-order chi connectivity index (χ1) is 14.2. The van der Waals surface area contributed by atoms with Gasteiger partial charge in [0.05, 0.1) is 17.2 Å². The van der Waals surface area contributed by atoms with Crippen molar-refractivity contribution in [3.05, 3.63) is 94.8 Å². The van der Waals surface area contributed by atoms with Gasteiger partial charge in [-0.05, 0) is 47.4 Å². The largest absolute Gasteiger partial charge is 0.298 e. The first-order valence-electron chi connectivity index (χ1n) is 9.09. The van der Waals surface area contributed by atoms with Gasteiger partial charge in [0.1, 0.15) is 0 Å². The Morgan fingerprint density at radius 1 is 1.07 bits per heavy atom. The summed E-state index contributed by atoms with van der Waals surface area (Å²) in [5.41, 5.74) is 5.23. The van der Waals surface area contributed by atoms with Gasteiger partial charge in [0.2, 0.25) is 0 Å².